The summed E-state index contributed by atoms with van der Waals surface area (Å²) in [5.41, 5.74) is 0.469. The fourth-order valence-corrected chi connectivity index (χ4v) is 2.71. The molecule has 2 amide bonds. The Labute approximate surface area is 123 Å². The number of aromatic nitrogens is 2. The van der Waals surface area contributed by atoms with Crippen LogP contribution in [0.1, 0.15) is 38.3 Å². The molecule has 2 heterocycles. The topological polar surface area (TPSA) is 87.5 Å². The van der Waals surface area contributed by atoms with Gasteiger partial charge < -0.3 is 15.3 Å². The lowest BCUT2D eigenvalue weighted by Crippen LogP contribution is -2.51. The summed E-state index contributed by atoms with van der Waals surface area (Å²) in [5.74, 6) is -0.666. The highest BCUT2D eigenvalue weighted by Gasteiger charge is 2.31. The van der Waals surface area contributed by atoms with Crippen LogP contribution in [0.5, 0.6) is 0 Å². The average Bonchev–Trinajstić information content (AvgIpc) is 2.84. The predicted octanol–water partition coefficient (Wildman–Crippen LogP) is 1.38. The highest BCUT2D eigenvalue weighted by Crippen LogP contribution is 2.23. The number of hydrogen-bond acceptors (Lipinski definition) is 3. The number of hydrogen-bond donors (Lipinski definition) is 2. The Kier molecular flexibility index (Phi) is 4.50. The second kappa shape index (κ2) is 6.15. The van der Waals surface area contributed by atoms with E-state index in [0.717, 1.165) is 12.8 Å². The molecule has 1 fully saturated rings. The zero-order valence-electron chi connectivity index (χ0n) is 12.6. The molecule has 0 aromatic carbocycles. The Bertz CT molecular complexity index is 528. The highest BCUT2D eigenvalue weighted by molar-refractivity contribution is 5.83. The van der Waals surface area contributed by atoms with Crippen LogP contribution in [0.2, 0.25) is 0 Å². The van der Waals surface area contributed by atoms with Crippen LogP contribution in [0.25, 0.3) is 0 Å². The van der Waals surface area contributed by atoms with E-state index in [-0.39, 0.29) is 12.1 Å². The van der Waals surface area contributed by atoms with Crippen molar-refractivity contribution in [1.29, 1.82) is 0 Å². The molecule has 7 heteroatoms. The zero-order valence-corrected chi connectivity index (χ0v) is 12.6. The van der Waals surface area contributed by atoms with Crippen molar-refractivity contribution >= 4 is 12.0 Å². The minimum atomic E-state index is -1.09. The van der Waals surface area contributed by atoms with Crippen molar-refractivity contribution in [1.82, 2.24) is 20.0 Å². The largest absolute Gasteiger partial charge is 0.479 e. The molecule has 2 rings (SSSR count). The SMILES string of the molecule is CC1CCCN(C(=O)NC(C(=O)O)c2cnn(C)c2)C1C. The number of carboxylic acids is 1. The van der Waals surface area contributed by atoms with Crippen LogP contribution < -0.4 is 5.32 Å². The Hall–Kier alpha value is -2.05. The number of rotatable bonds is 3. The molecular weight excluding hydrogens is 272 g/mol. The van der Waals surface area contributed by atoms with Crippen LogP contribution in [0, 0.1) is 5.92 Å². The van der Waals surface area contributed by atoms with E-state index in [2.05, 4.69) is 17.3 Å². The minimum absolute atomic E-state index is 0.113. The maximum absolute atomic E-state index is 12.4. The van der Waals surface area contributed by atoms with Gasteiger partial charge >= 0.3 is 12.0 Å². The van der Waals surface area contributed by atoms with Gasteiger partial charge in [0, 0.05) is 31.4 Å². The number of carbonyl (C=O) groups is 2. The quantitative estimate of drug-likeness (QED) is 0.881. The molecule has 0 saturated carbocycles. The molecule has 1 saturated heterocycles. The number of aryl methyl sites for hydroxylation is 1. The van der Waals surface area contributed by atoms with Crippen molar-refractivity contribution in [3.05, 3.63) is 18.0 Å². The third-order valence-corrected chi connectivity index (χ3v) is 4.21. The Balaban J connectivity index is 2.10. The number of likely N-dealkylation sites (tertiary alicyclic amines) is 1. The summed E-state index contributed by atoms with van der Waals surface area (Å²) in [6.07, 6.45) is 5.10. The van der Waals surface area contributed by atoms with Crippen LogP contribution in [-0.4, -0.2) is 44.4 Å². The minimum Gasteiger partial charge on any atom is -0.479 e. The van der Waals surface area contributed by atoms with Crippen molar-refractivity contribution in [3.8, 4) is 0 Å². The Morgan fingerprint density at radius 2 is 2.19 bits per heavy atom. The molecule has 3 atom stereocenters. The van der Waals surface area contributed by atoms with Gasteiger partial charge in [0.2, 0.25) is 0 Å². The van der Waals surface area contributed by atoms with Crippen LogP contribution in [0.3, 0.4) is 0 Å². The van der Waals surface area contributed by atoms with Crippen molar-refractivity contribution in [2.24, 2.45) is 13.0 Å². The lowest BCUT2D eigenvalue weighted by molar-refractivity contribution is -0.139. The van der Waals surface area contributed by atoms with Gasteiger partial charge in [0.05, 0.1) is 6.20 Å². The number of carbonyl (C=O) groups excluding carboxylic acids is 1. The molecule has 116 valence electrons. The Morgan fingerprint density at radius 3 is 2.76 bits per heavy atom. The summed E-state index contributed by atoms with van der Waals surface area (Å²) in [7, 11) is 1.71. The summed E-state index contributed by atoms with van der Waals surface area (Å²) in [4.78, 5) is 25.5. The summed E-state index contributed by atoms with van der Waals surface area (Å²) in [6.45, 7) is 4.78. The molecule has 7 nitrogen and oxygen atoms in total. The first kappa shape index (κ1) is 15.3. The number of aliphatic carboxylic acids is 1. The molecule has 1 aromatic heterocycles. The normalized spacial score (nSPS) is 23.7. The molecule has 1 aliphatic heterocycles. The molecule has 0 aliphatic carbocycles. The predicted molar refractivity (Wildman–Crippen MR) is 76.7 cm³/mol. The first-order chi connectivity index (χ1) is 9.90. The number of nitrogens with one attached hydrogen (secondary N) is 1. The standard InChI is InChI=1S/C14H22N4O3/c1-9-5-4-6-18(10(9)2)14(21)16-12(13(19)20)11-7-15-17(3)8-11/h7-10,12H,4-6H2,1-3H3,(H,16,21)(H,19,20). The smallest absolute Gasteiger partial charge is 0.331 e. The van der Waals surface area contributed by atoms with E-state index in [1.54, 1.807) is 18.1 Å². The maximum atomic E-state index is 12.4. The number of urea groups is 1. The number of amides is 2. The van der Waals surface area contributed by atoms with Crippen LogP contribution in [0.15, 0.2) is 12.4 Å². The fourth-order valence-electron chi connectivity index (χ4n) is 2.71. The maximum Gasteiger partial charge on any atom is 0.331 e. The molecule has 2 N–H and O–H groups in total. The van der Waals surface area contributed by atoms with E-state index in [1.807, 2.05) is 6.92 Å². The summed E-state index contributed by atoms with van der Waals surface area (Å²) < 4.78 is 1.52. The van der Waals surface area contributed by atoms with Gasteiger partial charge in [-0.2, -0.15) is 5.10 Å². The summed E-state index contributed by atoms with van der Waals surface area (Å²) >= 11 is 0. The van der Waals surface area contributed by atoms with E-state index in [0.29, 0.717) is 18.0 Å². The van der Waals surface area contributed by atoms with E-state index in [9.17, 15) is 14.7 Å². The molecule has 0 radical (unpaired) electrons. The summed E-state index contributed by atoms with van der Waals surface area (Å²) in [6, 6.07) is -1.29. The molecule has 21 heavy (non-hydrogen) atoms. The fraction of sp³-hybridized carbons (Fsp3) is 0.643. The second-order valence-corrected chi connectivity index (χ2v) is 5.72. The van der Waals surface area contributed by atoms with E-state index in [1.165, 1.54) is 10.9 Å². The van der Waals surface area contributed by atoms with Crippen molar-refractivity contribution in [2.75, 3.05) is 6.54 Å². The average molecular weight is 294 g/mol. The van der Waals surface area contributed by atoms with Crippen LogP contribution >= 0.6 is 0 Å². The number of carboxylic acid groups (broad SMARTS) is 1. The van der Waals surface area contributed by atoms with E-state index >= 15 is 0 Å². The lowest BCUT2D eigenvalue weighted by Gasteiger charge is -2.38. The van der Waals surface area contributed by atoms with Gasteiger partial charge in [-0.25, -0.2) is 9.59 Å². The van der Waals surface area contributed by atoms with Gasteiger partial charge in [-0.1, -0.05) is 6.92 Å². The molecule has 1 aliphatic rings. The molecule has 0 spiro atoms. The third-order valence-electron chi connectivity index (χ3n) is 4.21. The van der Waals surface area contributed by atoms with Crippen molar-refractivity contribution < 1.29 is 14.7 Å². The highest BCUT2D eigenvalue weighted by atomic mass is 16.4. The van der Waals surface area contributed by atoms with Gasteiger partial charge in [0.1, 0.15) is 0 Å². The monoisotopic (exact) mass is 294 g/mol. The number of nitrogens with zero attached hydrogens (tertiary/aromatic N) is 3. The third kappa shape index (κ3) is 3.34. The van der Waals surface area contributed by atoms with E-state index < -0.39 is 12.0 Å². The molecule has 0 bridgehead atoms. The van der Waals surface area contributed by atoms with Gasteiger partial charge in [0.15, 0.2) is 6.04 Å². The molecule has 1 aromatic rings. The lowest BCUT2D eigenvalue weighted by atomic mass is 9.92. The number of piperidine rings is 1. The van der Waals surface area contributed by atoms with Gasteiger partial charge in [-0.05, 0) is 25.7 Å². The van der Waals surface area contributed by atoms with Gasteiger partial charge in [0.25, 0.3) is 0 Å². The van der Waals surface area contributed by atoms with Crippen molar-refractivity contribution in [3.63, 3.8) is 0 Å². The van der Waals surface area contributed by atoms with Crippen LogP contribution in [-0.2, 0) is 11.8 Å². The summed E-state index contributed by atoms with van der Waals surface area (Å²) in [5, 5.41) is 15.9. The molecule has 3 unspecified atom stereocenters. The second-order valence-electron chi connectivity index (χ2n) is 5.72. The zero-order chi connectivity index (χ0) is 15.6. The first-order valence-electron chi connectivity index (χ1n) is 7.18. The van der Waals surface area contributed by atoms with Crippen LogP contribution in [0.4, 0.5) is 4.79 Å². The van der Waals surface area contributed by atoms with Gasteiger partial charge in [-0.3, -0.25) is 4.68 Å². The van der Waals surface area contributed by atoms with Gasteiger partial charge in [-0.15, -0.1) is 0 Å². The van der Waals surface area contributed by atoms with E-state index in [4.69, 9.17) is 0 Å². The first-order valence-corrected chi connectivity index (χ1v) is 7.18. The van der Waals surface area contributed by atoms with Crippen molar-refractivity contribution in [2.45, 2.75) is 38.8 Å². The Morgan fingerprint density at radius 1 is 1.48 bits per heavy atom. The molecular formula is C14H22N4O3.